The summed E-state index contributed by atoms with van der Waals surface area (Å²) in [5, 5.41) is 5.57. The molecule has 108 valence electrons. The summed E-state index contributed by atoms with van der Waals surface area (Å²) in [7, 11) is 2.03. The normalized spacial score (nSPS) is 19.5. The SMILES string of the molecule is CNC1CCCN(c2nc[nH]c3cnc4nccc4c23)C1. The molecule has 0 radical (unpaired) electrons. The molecule has 6 heteroatoms. The Labute approximate surface area is 122 Å². The number of rotatable bonds is 2. The van der Waals surface area contributed by atoms with Crippen LogP contribution in [0.5, 0.6) is 0 Å². The summed E-state index contributed by atoms with van der Waals surface area (Å²) in [6.07, 6.45) is 7.81. The third kappa shape index (κ3) is 2.03. The second-order valence-corrected chi connectivity index (χ2v) is 5.53. The number of aromatic amines is 1. The number of fused-ring (bicyclic) bond motifs is 3. The first-order valence-electron chi connectivity index (χ1n) is 7.36. The molecule has 1 saturated heterocycles. The number of hydrogen-bond acceptors (Lipinski definition) is 5. The minimum Gasteiger partial charge on any atom is -0.354 e. The molecule has 2 N–H and O–H groups in total. The highest BCUT2D eigenvalue weighted by Crippen LogP contribution is 2.30. The largest absolute Gasteiger partial charge is 0.354 e. The van der Waals surface area contributed by atoms with E-state index >= 15 is 0 Å². The van der Waals surface area contributed by atoms with Crippen LogP contribution < -0.4 is 10.2 Å². The highest BCUT2D eigenvalue weighted by Gasteiger charge is 2.22. The Morgan fingerprint density at radius 3 is 3.19 bits per heavy atom. The van der Waals surface area contributed by atoms with E-state index in [0.717, 1.165) is 40.8 Å². The maximum atomic E-state index is 4.62. The van der Waals surface area contributed by atoms with Crippen molar-refractivity contribution in [1.29, 1.82) is 0 Å². The van der Waals surface area contributed by atoms with Crippen molar-refractivity contribution in [2.75, 3.05) is 25.0 Å². The van der Waals surface area contributed by atoms with Crippen LogP contribution in [0.4, 0.5) is 5.82 Å². The summed E-state index contributed by atoms with van der Waals surface area (Å²) in [5.41, 5.74) is 1.79. The minimum absolute atomic E-state index is 0.523. The van der Waals surface area contributed by atoms with Gasteiger partial charge in [-0.25, -0.2) is 15.0 Å². The first-order valence-corrected chi connectivity index (χ1v) is 7.36. The molecule has 3 aromatic rings. The Balaban J connectivity index is 1.89. The molecule has 4 rings (SSSR count). The Morgan fingerprint density at radius 1 is 1.33 bits per heavy atom. The molecule has 1 fully saturated rings. The van der Waals surface area contributed by atoms with Crippen molar-refractivity contribution in [3.63, 3.8) is 0 Å². The number of anilines is 1. The van der Waals surface area contributed by atoms with Crippen molar-refractivity contribution >= 4 is 27.8 Å². The first kappa shape index (κ1) is 12.5. The van der Waals surface area contributed by atoms with E-state index in [1.807, 2.05) is 19.3 Å². The number of nitrogens with one attached hydrogen (secondary N) is 2. The van der Waals surface area contributed by atoms with E-state index in [1.54, 1.807) is 12.5 Å². The molecule has 1 aliphatic heterocycles. The highest BCUT2D eigenvalue weighted by atomic mass is 15.2. The lowest BCUT2D eigenvalue weighted by Gasteiger charge is -2.34. The van der Waals surface area contributed by atoms with Gasteiger partial charge in [0, 0.05) is 30.7 Å². The zero-order valence-electron chi connectivity index (χ0n) is 12.0. The molecule has 6 nitrogen and oxygen atoms in total. The quantitative estimate of drug-likeness (QED) is 0.748. The summed E-state index contributed by atoms with van der Waals surface area (Å²) >= 11 is 0. The van der Waals surface area contributed by atoms with Gasteiger partial charge in [0.05, 0.1) is 23.4 Å². The lowest BCUT2D eigenvalue weighted by Crippen LogP contribution is -2.44. The summed E-state index contributed by atoms with van der Waals surface area (Å²) in [5.74, 6) is 1.03. The molecule has 0 aliphatic carbocycles. The van der Waals surface area contributed by atoms with Crippen LogP contribution in [0.2, 0.25) is 0 Å². The lowest BCUT2D eigenvalue weighted by atomic mass is 10.1. The van der Waals surface area contributed by atoms with Gasteiger partial charge in [-0.1, -0.05) is 0 Å². The van der Waals surface area contributed by atoms with E-state index in [-0.39, 0.29) is 0 Å². The van der Waals surface area contributed by atoms with Crippen molar-refractivity contribution in [1.82, 2.24) is 25.3 Å². The van der Waals surface area contributed by atoms with E-state index in [9.17, 15) is 0 Å². The fraction of sp³-hybridized carbons (Fsp3) is 0.400. The van der Waals surface area contributed by atoms with E-state index in [1.165, 1.54) is 12.8 Å². The number of nitrogens with zero attached hydrogens (tertiary/aromatic N) is 4. The molecule has 0 amide bonds. The number of hydrogen-bond donors (Lipinski definition) is 2. The lowest BCUT2D eigenvalue weighted by molar-refractivity contribution is 0.448. The van der Waals surface area contributed by atoms with Crippen LogP contribution in [-0.2, 0) is 0 Å². The van der Waals surface area contributed by atoms with Crippen LogP contribution in [0, 0.1) is 0 Å². The van der Waals surface area contributed by atoms with Gasteiger partial charge in [-0.2, -0.15) is 0 Å². The van der Waals surface area contributed by atoms with Crippen LogP contribution in [0.1, 0.15) is 12.8 Å². The average molecular weight is 282 g/mol. The summed E-state index contributed by atoms with van der Waals surface area (Å²) in [4.78, 5) is 18.9. The Bertz CT molecular complexity index is 780. The van der Waals surface area contributed by atoms with Crippen LogP contribution in [-0.4, -0.2) is 46.1 Å². The molecule has 1 unspecified atom stereocenters. The van der Waals surface area contributed by atoms with Gasteiger partial charge < -0.3 is 15.2 Å². The van der Waals surface area contributed by atoms with Crippen LogP contribution >= 0.6 is 0 Å². The van der Waals surface area contributed by atoms with Gasteiger partial charge in [-0.05, 0) is 26.0 Å². The van der Waals surface area contributed by atoms with E-state index in [2.05, 4.69) is 30.2 Å². The number of aromatic nitrogens is 4. The van der Waals surface area contributed by atoms with Crippen LogP contribution in [0.25, 0.3) is 21.9 Å². The van der Waals surface area contributed by atoms with Crippen LogP contribution in [0.3, 0.4) is 0 Å². The number of likely N-dealkylation sites (N-methyl/N-ethyl adjacent to an activating group) is 1. The molecule has 0 bridgehead atoms. The number of piperidine rings is 1. The maximum absolute atomic E-state index is 4.62. The molecule has 0 spiro atoms. The van der Waals surface area contributed by atoms with Crippen molar-refractivity contribution in [2.45, 2.75) is 18.9 Å². The van der Waals surface area contributed by atoms with Gasteiger partial charge in [-0.3, -0.25) is 0 Å². The van der Waals surface area contributed by atoms with Gasteiger partial charge in [0.25, 0.3) is 0 Å². The smallest absolute Gasteiger partial charge is 0.160 e. The molecule has 0 saturated carbocycles. The van der Waals surface area contributed by atoms with Gasteiger partial charge in [0.1, 0.15) is 5.82 Å². The second kappa shape index (κ2) is 4.96. The van der Waals surface area contributed by atoms with Crippen LogP contribution in [0.15, 0.2) is 24.8 Å². The molecule has 3 aromatic heterocycles. The Hall–Kier alpha value is -2.21. The predicted molar refractivity (Wildman–Crippen MR) is 83.5 cm³/mol. The number of H-pyrrole nitrogens is 1. The predicted octanol–water partition coefficient (Wildman–Crippen LogP) is 1.69. The third-order valence-corrected chi connectivity index (χ3v) is 4.29. The minimum atomic E-state index is 0.523. The Morgan fingerprint density at radius 2 is 2.29 bits per heavy atom. The molecular weight excluding hydrogens is 264 g/mol. The summed E-state index contributed by atoms with van der Waals surface area (Å²) < 4.78 is 0. The summed E-state index contributed by atoms with van der Waals surface area (Å²) in [6.45, 7) is 2.03. The van der Waals surface area contributed by atoms with E-state index in [4.69, 9.17) is 0 Å². The van der Waals surface area contributed by atoms with Crippen molar-refractivity contribution in [3.8, 4) is 0 Å². The van der Waals surface area contributed by atoms with Gasteiger partial charge in [0.15, 0.2) is 5.65 Å². The number of pyridine rings is 1. The van der Waals surface area contributed by atoms with E-state index < -0.39 is 0 Å². The van der Waals surface area contributed by atoms with Gasteiger partial charge in [0.2, 0.25) is 0 Å². The average Bonchev–Trinajstić information content (AvgIpc) is 3.03. The molecular formula is C15H18N6. The summed E-state index contributed by atoms with van der Waals surface area (Å²) in [6, 6.07) is 2.54. The van der Waals surface area contributed by atoms with Gasteiger partial charge >= 0.3 is 0 Å². The van der Waals surface area contributed by atoms with Crippen molar-refractivity contribution < 1.29 is 0 Å². The zero-order valence-corrected chi connectivity index (χ0v) is 12.0. The maximum Gasteiger partial charge on any atom is 0.160 e. The van der Waals surface area contributed by atoms with E-state index in [0.29, 0.717) is 6.04 Å². The standard InChI is InChI=1S/C15H18N6/c1-16-10-3-2-6-21(8-10)15-13-11-4-5-17-14(11)18-7-12(13)19-9-20-15/h4-5,7,9-10,16H,2-3,6,8H2,1H3,(H,19,20). The van der Waals surface area contributed by atoms with Crippen molar-refractivity contribution in [2.24, 2.45) is 0 Å². The highest BCUT2D eigenvalue weighted by molar-refractivity contribution is 6.08. The molecule has 4 heterocycles. The fourth-order valence-electron chi connectivity index (χ4n) is 3.18. The zero-order chi connectivity index (χ0) is 14.2. The van der Waals surface area contributed by atoms with Crippen molar-refractivity contribution in [3.05, 3.63) is 24.8 Å². The topological polar surface area (TPSA) is 69.7 Å². The second-order valence-electron chi connectivity index (χ2n) is 5.53. The first-order chi connectivity index (χ1) is 10.4. The fourth-order valence-corrected chi connectivity index (χ4v) is 3.18. The monoisotopic (exact) mass is 282 g/mol. The molecule has 0 aromatic carbocycles. The van der Waals surface area contributed by atoms with Gasteiger partial charge in [-0.15, -0.1) is 0 Å². The Kier molecular flexibility index (Phi) is 2.96. The molecule has 1 aliphatic rings. The molecule has 21 heavy (non-hydrogen) atoms. The third-order valence-electron chi connectivity index (χ3n) is 4.29. The molecule has 1 atom stereocenters.